The summed E-state index contributed by atoms with van der Waals surface area (Å²) in [5.74, 6) is -0.444. The summed E-state index contributed by atoms with van der Waals surface area (Å²) in [5, 5.41) is 9.04. The van der Waals surface area contributed by atoms with Gasteiger partial charge in [0.05, 0.1) is 25.2 Å². The minimum absolute atomic E-state index is 0.493. The van der Waals surface area contributed by atoms with E-state index >= 15 is 0 Å². The largest absolute Gasteiger partial charge is 0.496 e. The Labute approximate surface area is 94.8 Å². The van der Waals surface area contributed by atoms with Gasteiger partial charge in [-0.05, 0) is 26.0 Å². The van der Waals surface area contributed by atoms with Crippen molar-refractivity contribution in [3.05, 3.63) is 23.8 Å². The van der Waals surface area contributed by atoms with Gasteiger partial charge in [0.2, 0.25) is 0 Å². The maximum atomic E-state index is 11.0. The molecule has 1 N–H and O–H groups in total. The van der Waals surface area contributed by atoms with E-state index < -0.39 is 11.9 Å². The average Bonchev–Trinajstić information content (AvgIpc) is 2.28. The Morgan fingerprint density at radius 3 is 2.56 bits per heavy atom. The van der Waals surface area contributed by atoms with Crippen LogP contribution in [0.2, 0.25) is 0 Å². The molecule has 0 aromatic heterocycles. The Bertz CT molecular complexity index is 373. The maximum Gasteiger partial charge on any atom is 0.310 e. The molecule has 1 unspecified atom stereocenters. The minimum atomic E-state index is -0.898. The molecule has 1 atom stereocenters. The van der Waals surface area contributed by atoms with E-state index in [0.717, 1.165) is 0 Å². The lowest BCUT2D eigenvalue weighted by molar-refractivity contribution is -0.138. The lowest BCUT2D eigenvalue weighted by Gasteiger charge is -2.16. The van der Waals surface area contributed by atoms with Crippen molar-refractivity contribution in [1.82, 2.24) is 0 Å². The van der Waals surface area contributed by atoms with Gasteiger partial charge in [-0.3, -0.25) is 4.79 Å². The Hall–Kier alpha value is -1.71. The van der Waals surface area contributed by atoms with Crippen LogP contribution < -0.4 is 9.47 Å². The summed E-state index contributed by atoms with van der Waals surface area (Å²) in [5.41, 5.74) is 0.583. The molecule has 1 aromatic rings. The van der Waals surface area contributed by atoms with Crippen molar-refractivity contribution >= 4 is 5.97 Å². The van der Waals surface area contributed by atoms with Gasteiger partial charge >= 0.3 is 5.97 Å². The quantitative estimate of drug-likeness (QED) is 0.833. The van der Waals surface area contributed by atoms with Gasteiger partial charge in [-0.15, -0.1) is 0 Å². The molecule has 0 fully saturated rings. The molecule has 0 aliphatic carbocycles. The van der Waals surface area contributed by atoms with Crippen LogP contribution in [0.3, 0.4) is 0 Å². The Balaban J connectivity index is 3.23. The van der Waals surface area contributed by atoms with E-state index in [1.165, 1.54) is 7.11 Å². The molecule has 0 aliphatic rings. The summed E-state index contributed by atoms with van der Waals surface area (Å²) < 4.78 is 10.6. The van der Waals surface area contributed by atoms with Crippen LogP contribution in [0.25, 0.3) is 0 Å². The fourth-order valence-electron chi connectivity index (χ4n) is 1.53. The number of hydrogen-bond donors (Lipinski definition) is 1. The van der Waals surface area contributed by atoms with Gasteiger partial charge in [-0.2, -0.15) is 0 Å². The highest BCUT2D eigenvalue weighted by Gasteiger charge is 2.22. The number of aliphatic carboxylic acids is 1. The minimum Gasteiger partial charge on any atom is -0.496 e. The van der Waals surface area contributed by atoms with Crippen LogP contribution in [0.5, 0.6) is 11.5 Å². The van der Waals surface area contributed by atoms with Gasteiger partial charge in [0.15, 0.2) is 0 Å². The molecule has 0 amide bonds. The number of rotatable bonds is 5. The molecule has 1 aromatic carbocycles. The van der Waals surface area contributed by atoms with E-state index in [-0.39, 0.29) is 0 Å². The van der Waals surface area contributed by atoms with Crippen LogP contribution in [0, 0.1) is 0 Å². The Morgan fingerprint density at radius 1 is 1.44 bits per heavy atom. The molecule has 88 valence electrons. The van der Waals surface area contributed by atoms with Crippen molar-refractivity contribution in [2.24, 2.45) is 0 Å². The molecule has 1 rings (SSSR count). The van der Waals surface area contributed by atoms with E-state index in [2.05, 4.69) is 0 Å². The number of benzene rings is 1. The van der Waals surface area contributed by atoms with Gasteiger partial charge in [-0.25, -0.2) is 0 Å². The molecule has 16 heavy (non-hydrogen) atoms. The van der Waals surface area contributed by atoms with Crippen molar-refractivity contribution in [2.45, 2.75) is 19.8 Å². The predicted molar refractivity (Wildman–Crippen MR) is 60.2 cm³/mol. The number of carbonyl (C=O) groups is 1. The molecule has 0 bridgehead atoms. The average molecular weight is 224 g/mol. The second-order valence-corrected chi connectivity index (χ2v) is 3.37. The van der Waals surface area contributed by atoms with Crippen LogP contribution in [0.1, 0.15) is 25.3 Å². The van der Waals surface area contributed by atoms with E-state index in [1.807, 2.05) is 6.92 Å². The number of hydrogen-bond acceptors (Lipinski definition) is 3. The molecule has 0 saturated heterocycles. The van der Waals surface area contributed by atoms with E-state index in [1.54, 1.807) is 25.1 Å². The maximum absolute atomic E-state index is 11.0. The molecule has 4 heteroatoms. The molecule has 4 nitrogen and oxygen atoms in total. The van der Waals surface area contributed by atoms with Gasteiger partial charge in [-0.1, -0.05) is 6.07 Å². The zero-order valence-corrected chi connectivity index (χ0v) is 9.69. The number of ether oxygens (including phenoxy) is 2. The molecule has 0 radical (unpaired) electrons. The summed E-state index contributed by atoms with van der Waals surface area (Å²) in [6, 6.07) is 5.26. The summed E-state index contributed by atoms with van der Waals surface area (Å²) >= 11 is 0. The zero-order valence-electron chi connectivity index (χ0n) is 9.69. The molecule has 0 heterocycles. The third-order valence-corrected chi connectivity index (χ3v) is 2.35. The second-order valence-electron chi connectivity index (χ2n) is 3.37. The standard InChI is InChI=1S/C12H16O4/c1-4-16-10-7-5-6-9(15-3)11(10)8(2)12(13)14/h5-8H,4H2,1-3H3,(H,13,14). The van der Waals surface area contributed by atoms with Crippen molar-refractivity contribution in [3.63, 3.8) is 0 Å². The normalized spacial score (nSPS) is 11.9. The Kier molecular flexibility index (Phi) is 4.17. The molecular formula is C12H16O4. The van der Waals surface area contributed by atoms with Crippen molar-refractivity contribution in [1.29, 1.82) is 0 Å². The monoisotopic (exact) mass is 224 g/mol. The van der Waals surface area contributed by atoms with Gasteiger partial charge in [0.25, 0.3) is 0 Å². The lowest BCUT2D eigenvalue weighted by atomic mass is 9.99. The number of carboxylic acid groups (broad SMARTS) is 1. The van der Waals surface area contributed by atoms with Crippen molar-refractivity contribution in [2.75, 3.05) is 13.7 Å². The van der Waals surface area contributed by atoms with Gasteiger partial charge in [0, 0.05) is 0 Å². The van der Waals surface area contributed by atoms with Crippen LogP contribution >= 0.6 is 0 Å². The highest BCUT2D eigenvalue weighted by molar-refractivity contribution is 5.78. The first kappa shape index (κ1) is 12.4. The second kappa shape index (κ2) is 5.39. The molecule has 0 spiro atoms. The summed E-state index contributed by atoms with van der Waals surface area (Å²) in [6.07, 6.45) is 0. The third kappa shape index (κ3) is 2.45. The van der Waals surface area contributed by atoms with Crippen LogP contribution in [0.15, 0.2) is 18.2 Å². The first-order valence-electron chi connectivity index (χ1n) is 5.14. The van der Waals surface area contributed by atoms with E-state index in [0.29, 0.717) is 23.7 Å². The highest BCUT2D eigenvalue weighted by atomic mass is 16.5. The summed E-state index contributed by atoms with van der Waals surface area (Å²) in [6.45, 7) is 3.96. The van der Waals surface area contributed by atoms with Crippen molar-refractivity contribution < 1.29 is 19.4 Å². The van der Waals surface area contributed by atoms with Crippen LogP contribution in [-0.2, 0) is 4.79 Å². The van der Waals surface area contributed by atoms with E-state index in [4.69, 9.17) is 14.6 Å². The first-order valence-corrected chi connectivity index (χ1v) is 5.14. The fraction of sp³-hybridized carbons (Fsp3) is 0.417. The summed E-state index contributed by atoms with van der Waals surface area (Å²) in [4.78, 5) is 11.0. The SMILES string of the molecule is CCOc1cccc(OC)c1C(C)C(=O)O. The smallest absolute Gasteiger partial charge is 0.310 e. The van der Waals surface area contributed by atoms with Crippen LogP contribution in [0.4, 0.5) is 0 Å². The van der Waals surface area contributed by atoms with Gasteiger partial charge in [0.1, 0.15) is 11.5 Å². The summed E-state index contributed by atoms with van der Waals surface area (Å²) in [7, 11) is 1.52. The fourth-order valence-corrected chi connectivity index (χ4v) is 1.53. The molecule has 0 saturated carbocycles. The third-order valence-electron chi connectivity index (χ3n) is 2.35. The van der Waals surface area contributed by atoms with Crippen LogP contribution in [-0.4, -0.2) is 24.8 Å². The lowest BCUT2D eigenvalue weighted by Crippen LogP contribution is -2.11. The van der Waals surface area contributed by atoms with Gasteiger partial charge < -0.3 is 14.6 Å². The first-order chi connectivity index (χ1) is 7.61. The molecule has 0 aliphatic heterocycles. The number of carboxylic acids is 1. The van der Waals surface area contributed by atoms with E-state index in [9.17, 15) is 4.79 Å². The topological polar surface area (TPSA) is 55.8 Å². The highest BCUT2D eigenvalue weighted by Crippen LogP contribution is 2.35. The van der Waals surface area contributed by atoms with Crippen molar-refractivity contribution in [3.8, 4) is 11.5 Å². The zero-order chi connectivity index (χ0) is 12.1. The number of methoxy groups -OCH3 is 1. The Morgan fingerprint density at radius 2 is 2.06 bits per heavy atom. The molecular weight excluding hydrogens is 208 g/mol. The predicted octanol–water partition coefficient (Wildman–Crippen LogP) is 2.28.